The lowest BCUT2D eigenvalue weighted by molar-refractivity contribution is -0.143. The Labute approximate surface area is 72.7 Å². The summed E-state index contributed by atoms with van der Waals surface area (Å²) in [5.41, 5.74) is 0. The average molecular weight is 170 g/mol. The second-order valence-corrected chi connectivity index (χ2v) is 2.36. The van der Waals surface area contributed by atoms with E-state index in [-0.39, 0.29) is 19.0 Å². The van der Waals surface area contributed by atoms with Gasteiger partial charge in [-0.25, -0.2) is 0 Å². The molecule has 0 radical (unpaired) electrons. The van der Waals surface area contributed by atoms with Crippen LogP contribution in [0.4, 0.5) is 0 Å². The molecule has 0 aliphatic heterocycles. The molecule has 12 heavy (non-hydrogen) atoms. The molecular formula is C9H14O3. The summed E-state index contributed by atoms with van der Waals surface area (Å²) in [4.78, 5) is 10.8. The topological polar surface area (TPSA) is 46.5 Å². The Morgan fingerprint density at radius 2 is 2.25 bits per heavy atom. The molecule has 0 saturated carbocycles. The van der Waals surface area contributed by atoms with Crippen molar-refractivity contribution in [2.24, 2.45) is 0 Å². The average Bonchev–Trinajstić information content (AvgIpc) is 2.09. The van der Waals surface area contributed by atoms with E-state index in [4.69, 9.17) is 16.3 Å². The van der Waals surface area contributed by atoms with Gasteiger partial charge in [-0.1, -0.05) is 0 Å². The molecule has 0 spiro atoms. The molecule has 0 bridgehead atoms. The van der Waals surface area contributed by atoms with Crippen LogP contribution in [0.2, 0.25) is 0 Å². The highest BCUT2D eigenvalue weighted by Crippen LogP contribution is 1.94. The Bertz CT molecular complexity index is 158. The van der Waals surface area contributed by atoms with Crippen molar-refractivity contribution in [1.29, 1.82) is 0 Å². The molecule has 0 aliphatic carbocycles. The minimum atomic E-state index is -0.258. The molecular weight excluding hydrogens is 156 g/mol. The van der Waals surface area contributed by atoms with E-state index in [9.17, 15) is 4.79 Å². The summed E-state index contributed by atoms with van der Waals surface area (Å²) in [5, 5.41) is 8.41. The molecule has 0 unspecified atom stereocenters. The Kier molecular flexibility index (Phi) is 7.41. The van der Waals surface area contributed by atoms with Crippen LogP contribution in [-0.4, -0.2) is 24.3 Å². The van der Waals surface area contributed by atoms with Crippen molar-refractivity contribution in [3.63, 3.8) is 0 Å². The number of terminal acetylenes is 1. The van der Waals surface area contributed by atoms with Crippen molar-refractivity contribution in [1.82, 2.24) is 0 Å². The fraction of sp³-hybridized carbons (Fsp3) is 0.667. The molecule has 1 N–H and O–H groups in total. The van der Waals surface area contributed by atoms with Crippen LogP contribution in [0.15, 0.2) is 0 Å². The van der Waals surface area contributed by atoms with E-state index in [2.05, 4.69) is 5.92 Å². The van der Waals surface area contributed by atoms with Crippen LogP contribution in [0.25, 0.3) is 0 Å². The Morgan fingerprint density at radius 1 is 1.50 bits per heavy atom. The number of ether oxygens (including phenoxy) is 1. The standard InChI is InChI=1S/C9H14O3/c1-2-3-6-9(11)12-8-5-4-7-10/h1,10H,3-8H2. The molecule has 0 aromatic carbocycles. The molecule has 3 nitrogen and oxygen atoms in total. The lowest BCUT2D eigenvalue weighted by Crippen LogP contribution is -2.05. The first-order valence-corrected chi connectivity index (χ1v) is 4.01. The molecule has 0 heterocycles. The van der Waals surface area contributed by atoms with E-state index >= 15 is 0 Å². The van der Waals surface area contributed by atoms with Gasteiger partial charge in [0, 0.05) is 13.0 Å². The van der Waals surface area contributed by atoms with Crippen LogP contribution >= 0.6 is 0 Å². The van der Waals surface area contributed by atoms with Gasteiger partial charge < -0.3 is 9.84 Å². The molecule has 0 aliphatic rings. The molecule has 0 aromatic heterocycles. The van der Waals surface area contributed by atoms with E-state index in [0.717, 1.165) is 0 Å². The number of unbranched alkanes of at least 4 members (excludes halogenated alkanes) is 1. The fourth-order valence-corrected chi connectivity index (χ4v) is 0.646. The van der Waals surface area contributed by atoms with Gasteiger partial charge in [-0.15, -0.1) is 12.3 Å². The molecule has 0 aromatic rings. The molecule has 3 heteroatoms. The quantitative estimate of drug-likeness (QED) is 0.363. The van der Waals surface area contributed by atoms with Gasteiger partial charge in [0.05, 0.1) is 13.0 Å². The number of rotatable bonds is 6. The van der Waals surface area contributed by atoms with Gasteiger partial charge in [0.2, 0.25) is 0 Å². The summed E-state index contributed by atoms with van der Waals surface area (Å²) in [7, 11) is 0. The summed E-state index contributed by atoms with van der Waals surface area (Å²) in [6, 6.07) is 0. The Hall–Kier alpha value is -1.01. The van der Waals surface area contributed by atoms with E-state index in [1.54, 1.807) is 0 Å². The van der Waals surface area contributed by atoms with E-state index in [1.165, 1.54) is 0 Å². The zero-order chi connectivity index (χ0) is 9.23. The second-order valence-electron chi connectivity index (χ2n) is 2.36. The zero-order valence-electron chi connectivity index (χ0n) is 7.08. The van der Waals surface area contributed by atoms with Crippen molar-refractivity contribution in [3.8, 4) is 12.3 Å². The first-order chi connectivity index (χ1) is 5.81. The monoisotopic (exact) mass is 170 g/mol. The summed E-state index contributed by atoms with van der Waals surface area (Å²) in [6.45, 7) is 0.520. The number of hydrogen-bond donors (Lipinski definition) is 1. The third kappa shape index (κ3) is 7.10. The second kappa shape index (κ2) is 8.09. The summed E-state index contributed by atoms with van der Waals surface area (Å²) < 4.78 is 4.80. The maximum atomic E-state index is 10.8. The smallest absolute Gasteiger partial charge is 0.306 e. The van der Waals surface area contributed by atoms with Gasteiger partial charge in [0.15, 0.2) is 0 Å². The van der Waals surface area contributed by atoms with E-state index < -0.39 is 0 Å². The predicted octanol–water partition coefficient (Wildman–Crippen LogP) is 0.716. The van der Waals surface area contributed by atoms with Gasteiger partial charge >= 0.3 is 5.97 Å². The zero-order valence-corrected chi connectivity index (χ0v) is 7.08. The van der Waals surface area contributed by atoms with Gasteiger partial charge in [0.1, 0.15) is 0 Å². The summed E-state index contributed by atoms with van der Waals surface area (Å²) in [5.74, 6) is 2.10. The largest absolute Gasteiger partial charge is 0.466 e. The first kappa shape index (κ1) is 11.0. The highest BCUT2D eigenvalue weighted by molar-refractivity contribution is 5.69. The van der Waals surface area contributed by atoms with Crippen molar-refractivity contribution in [2.75, 3.05) is 13.2 Å². The minimum Gasteiger partial charge on any atom is -0.466 e. The van der Waals surface area contributed by atoms with Crippen LogP contribution in [0, 0.1) is 12.3 Å². The highest BCUT2D eigenvalue weighted by Gasteiger charge is 1.99. The lowest BCUT2D eigenvalue weighted by atomic mass is 10.3. The minimum absolute atomic E-state index is 0.141. The molecule has 0 atom stereocenters. The first-order valence-electron chi connectivity index (χ1n) is 4.01. The van der Waals surface area contributed by atoms with Crippen LogP contribution < -0.4 is 0 Å². The van der Waals surface area contributed by atoms with Crippen LogP contribution in [0.5, 0.6) is 0 Å². The van der Waals surface area contributed by atoms with Crippen LogP contribution in [0.3, 0.4) is 0 Å². The molecule has 0 amide bonds. The maximum Gasteiger partial charge on any atom is 0.306 e. The number of carbonyl (C=O) groups is 1. The molecule has 0 saturated heterocycles. The SMILES string of the molecule is C#CCCC(=O)OCCCCO. The number of esters is 1. The van der Waals surface area contributed by atoms with Gasteiger partial charge in [-0.05, 0) is 12.8 Å². The third-order valence-electron chi connectivity index (χ3n) is 1.29. The van der Waals surface area contributed by atoms with E-state index in [1.807, 2.05) is 0 Å². The molecule has 0 rings (SSSR count). The highest BCUT2D eigenvalue weighted by atomic mass is 16.5. The summed E-state index contributed by atoms with van der Waals surface area (Å²) in [6.07, 6.45) is 7.05. The normalized spacial score (nSPS) is 9.00. The molecule has 68 valence electrons. The van der Waals surface area contributed by atoms with Crippen molar-refractivity contribution < 1.29 is 14.6 Å². The lowest BCUT2D eigenvalue weighted by Gasteiger charge is -2.01. The summed E-state index contributed by atoms with van der Waals surface area (Å²) >= 11 is 0. The Morgan fingerprint density at radius 3 is 2.83 bits per heavy atom. The predicted molar refractivity (Wildman–Crippen MR) is 45.3 cm³/mol. The number of aliphatic hydroxyl groups is 1. The number of aliphatic hydroxyl groups excluding tert-OH is 1. The number of carbonyl (C=O) groups excluding carboxylic acids is 1. The van der Waals surface area contributed by atoms with Crippen LogP contribution in [-0.2, 0) is 9.53 Å². The molecule has 0 fully saturated rings. The maximum absolute atomic E-state index is 10.8. The third-order valence-corrected chi connectivity index (χ3v) is 1.29. The number of hydrogen-bond acceptors (Lipinski definition) is 3. The van der Waals surface area contributed by atoms with E-state index in [0.29, 0.717) is 25.9 Å². The van der Waals surface area contributed by atoms with Gasteiger partial charge in [0.25, 0.3) is 0 Å². The van der Waals surface area contributed by atoms with Gasteiger partial charge in [-0.2, -0.15) is 0 Å². The van der Waals surface area contributed by atoms with Crippen LogP contribution in [0.1, 0.15) is 25.7 Å². The Balaban J connectivity index is 3.15. The fourth-order valence-electron chi connectivity index (χ4n) is 0.646. The van der Waals surface area contributed by atoms with Crippen molar-refractivity contribution >= 4 is 5.97 Å². The van der Waals surface area contributed by atoms with Crippen molar-refractivity contribution in [2.45, 2.75) is 25.7 Å². The van der Waals surface area contributed by atoms with Gasteiger partial charge in [-0.3, -0.25) is 4.79 Å². The van der Waals surface area contributed by atoms with Crippen molar-refractivity contribution in [3.05, 3.63) is 0 Å².